The van der Waals surface area contributed by atoms with Gasteiger partial charge < -0.3 is 10.5 Å². The zero-order valence-corrected chi connectivity index (χ0v) is 11.2. The van der Waals surface area contributed by atoms with Gasteiger partial charge in [-0.1, -0.05) is 26.7 Å². The Labute approximate surface area is 100 Å². The Balaban J connectivity index is 2.66. The lowest BCUT2D eigenvalue weighted by Crippen LogP contribution is -2.58. The van der Waals surface area contributed by atoms with E-state index in [4.69, 9.17) is 10.5 Å². The van der Waals surface area contributed by atoms with Gasteiger partial charge in [-0.25, -0.2) is 0 Å². The minimum Gasteiger partial charge on any atom is -0.376 e. The Morgan fingerprint density at radius 1 is 1.44 bits per heavy atom. The van der Waals surface area contributed by atoms with E-state index in [9.17, 15) is 0 Å². The highest BCUT2D eigenvalue weighted by atomic mass is 16.5. The van der Waals surface area contributed by atoms with Gasteiger partial charge in [-0.2, -0.15) is 0 Å². The van der Waals surface area contributed by atoms with Gasteiger partial charge in [0.15, 0.2) is 0 Å². The van der Waals surface area contributed by atoms with E-state index in [0.717, 1.165) is 32.7 Å². The van der Waals surface area contributed by atoms with E-state index in [1.54, 1.807) is 0 Å². The van der Waals surface area contributed by atoms with Gasteiger partial charge in [0.05, 0.1) is 12.7 Å². The van der Waals surface area contributed by atoms with Gasteiger partial charge in [0.25, 0.3) is 0 Å². The van der Waals surface area contributed by atoms with Gasteiger partial charge in [-0.3, -0.25) is 4.90 Å². The maximum Gasteiger partial charge on any atom is 0.0674 e. The van der Waals surface area contributed by atoms with E-state index < -0.39 is 0 Å². The number of morpholine rings is 1. The van der Waals surface area contributed by atoms with E-state index in [-0.39, 0.29) is 5.54 Å². The molecule has 1 heterocycles. The molecule has 1 aliphatic heterocycles. The van der Waals surface area contributed by atoms with Crippen LogP contribution in [0.5, 0.6) is 0 Å². The van der Waals surface area contributed by atoms with Gasteiger partial charge in [0, 0.05) is 25.2 Å². The van der Waals surface area contributed by atoms with Crippen LogP contribution in [0, 0.1) is 0 Å². The molecule has 0 aromatic carbocycles. The van der Waals surface area contributed by atoms with Crippen LogP contribution in [0.1, 0.15) is 46.5 Å². The largest absolute Gasteiger partial charge is 0.376 e. The molecule has 0 saturated carbocycles. The van der Waals surface area contributed by atoms with Crippen molar-refractivity contribution >= 4 is 0 Å². The molecule has 1 fully saturated rings. The highest BCUT2D eigenvalue weighted by molar-refractivity contribution is 4.92. The molecule has 96 valence electrons. The van der Waals surface area contributed by atoms with Crippen molar-refractivity contribution in [3.63, 3.8) is 0 Å². The first kappa shape index (κ1) is 13.9. The summed E-state index contributed by atoms with van der Waals surface area (Å²) in [4.78, 5) is 2.57. The summed E-state index contributed by atoms with van der Waals surface area (Å²) in [5.74, 6) is 0. The fraction of sp³-hybridized carbons (Fsp3) is 1.00. The first-order valence-corrected chi connectivity index (χ1v) is 6.75. The van der Waals surface area contributed by atoms with Crippen molar-refractivity contribution in [3.8, 4) is 0 Å². The molecule has 0 aliphatic carbocycles. The molecule has 3 nitrogen and oxygen atoms in total. The average molecular weight is 228 g/mol. The van der Waals surface area contributed by atoms with Crippen molar-refractivity contribution in [2.45, 2.75) is 58.1 Å². The first-order chi connectivity index (χ1) is 7.68. The van der Waals surface area contributed by atoms with Crippen molar-refractivity contribution in [1.29, 1.82) is 0 Å². The Kier molecular flexibility index (Phi) is 5.73. The molecular weight excluding hydrogens is 200 g/mol. The summed E-state index contributed by atoms with van der Waals surface area (Å²) in [7, 11) is 0. The lowest BCUT2D eigenvalue weighted by atomic mass is 9.87. The van der Waals surface area contributed by atoms with E-state index in [0.29, 0.717) is 6.10 Å². The summed E-state index contributed by atoms with van der Waals surface area (Å²) < 4.78 is 5.61. The van der Waals surface area contributed by atoms with E-state index >= 15 is 0 Å². The van der Waals surface area contributed by atoms with E-state index in [1.807, 2.05) is 0 Å². The molecule has 1 saturated heterocycles. The molecule has 0 amide bonds. The number of rotatable bonds is 6. The van der Waals surface area contributed by atoms with Crippen molar-refractivity contribution in [2.24, 2.45) is 5.73 Å². The number of hydrogen-bond donors (Lipinski definition) is 1. The lowest BCUT2D eigenvalue weighted by molar-refractivity contribution is -0.0646. The monoisotopic (exact) mass is 228 g/mol. The SMILES string of the molecule is CCCCC(CC)(CN)N1CCOC(C)C1. The summed E-state index contributed by atoms with van der Waals surface area (Å²) in [5.41, 5.74) is 6.27. The summed E-state index contributed by atoms with van der Waals surface area (Å²) >= 11 is 0. The number of nitrogens with two attached hydrogens (primary N) is 1. The number of nitrogens with zero attached hydrogens (tertiary/aromatic N) is 1. The average Bonchev–Trinajstić information content (AvgIpc) is 2.31. The number of hydrogen-bond acceptors (Lipinski definition) is 3. The summed E-state index contributed by atoms with van der Waals surface area (Å²) in [6, 6.07) is 0. The van der Waals surface area contributed by atoms with Crippen LogP contribution >= 0.6 is 0 Å². The Bertz CT molecular complexity index is 192. The van der Waals surface area contributed by atoms with Crippen LogP contribution < -0.4 is 5.73 Å². The standard InChI is InChI=1S/C13H28N2O/c1-4-6-7-13(5-2,11-14)15-8-9-16-12(3)10-15/h12H,4-11,14H2,1-3H3. The van der Waals surface area contributed by atoms with Crippen LogP contribution in [0.3, 0.4) is 0 Å². The molecule has 16 heavy (non-hydrogen) atoms. The predicted molar refractivity (Wildman–Crippen MR) is 68.6 cm³/mol. The molecule has 0 bridgehead atoms. The lowest BCUT2D eigenvalue weighted by Gasteiger charge is -2.46. The highest BCUT2D eigenvalue weighted by Crippen LogP contribution is 2.27. The molecule has 1 aliphatic rings. The van der Waals surface area contributed by atoms with Crippen LogP contribution in [0.2, 0.25) is 0 Å². The Hall–Kier alpha value is -0.120. The fourth-order valence-corrected chi connectivity index (χ4v) is 2.69. The molecule has 0 spiro atoms. The minimum absolute atomic E-state index is 0.216. The molecule has 2 unspecified atom stereocenters. The second kappa shape index (κ2) is 6.58. The van der Waals surface area contributed by atoms with Crippen LogP contribution in [-0.2, 0) is 4.74 Å². The molecule has 0 radical (unpaired) electrons. The molecule has 2 N–H and O–H groups in total. The Morgan fingerprint density at radius 2 is 2.19 bits per heavy atom. The second-order valence-corrected chi connectivity index (χ2v) is 5.01. The number of unbranched alkanes of at least 4 members (excludes halogenated alkanes) is 1. The third-order valence-corrected chi connectivity index (χ3v) is 3.95. The fourth-order valence-electron chi connectivity index (χ4n) is 2.69. The molecule has 0 aromatic heterocycles. The summed E-state index contributed by atoms with van der Waals surface area (Å²) in [6.45, 7) is 10.4. The summed E-state index contributed by atoms with van der Waals surface area (Å²) in [6.07, 6.45) is 5.26. The van der Waals surface area contributed by atoms with Gasteiger partial charge >= 0.3 is 0 Å². The maximum atomic E-state index is 6.05. The van der Waals surface area contributed by atoms with Crippen LogP contribution in [0.25, 0.3) is 0 Å². The topological polar surface area (TPSA) is 38.5 Å². The van der Waals surface area contributed by atoms with Crippen molar-refractivity contribution < 1.29 is 4.74 Å². The zero-order valence-electron chi connectivity index (χ0n) is 11.2. The molecule has 1 rings (SSSR count). The van der Waals surface area contributed by atoms with Crippen LogP contribution in [-0.4, -0.2) is 42.8 Å². The highest BCUT2D eigenvalue weighted by Gasteiger charge is 2.35. The zero-order chi connectivity index (χ0) is 12.0. The minimum atomic E-state index is 0.216. The van der Waals surface area contributed by atoms with E-state index in [1.165, 1.54) is 19.3 Å². The van der Waals surface area contributed by atoms with Gasteiger partial charge in [-0.15, -0.1) is 0 Å². The second-order valence-electron chi connectivity index (χ2n) is 5.01. The predicted octanol–water partition coefficient (Wildman–Crippen LogP) is 2.00. The van der Waals surface area contributed by atoms with E-state index in [2.05, 4.69) is 25.7 Å². The molecular formula is C13H28N2O. The van der Waals surface area contributed by atoms with Crippen molar-refractivity contribution in [3.05, 3.63) is 0 Å². The van der Waals surface area contributed by atoms with Gasteiger partial charge in [-0.05, 0) is 19.8 Å². The molecule has 3 heteroatoms. The van der Waals surface area contributed by atoms with Crippen LogP contribution in [0.15, 0.2) is 0 Å². The van der Waals surface area contributed by atoms with Crippen molar-refractivity contribution in [2.75, 3.05) is 26.2 Å². The first-order valence-electron chi connectivity index (χ1n) is 6.75. The molecule has 2 atom stereocenters. The smallest absolute Gasteiger partial charge is 0.0674 e. The number of ether oxygens (including phenoxy) is 1. The summed E-state index contributed by atoms with van der Waals surface area (Å²) in [5, 5.41) is 0. The normalized spacial score (nSPS) is 26.6. The van der Waals surface area contributed by atoms with Gasteiger partial charge in [0.2, 0.25) is 0 Å². The Morgan fingerprint density at radius 3 is 2.69 bits per heavy atom. The third kappa shape index (κ3) is 3.19. The molecule has 0 aromatic rings. The van der Waals surface area contributed by atoms with Crippen molar-refractivity contribution in [1.82, 2.24) is 4.90 Å². The quantitative estimate of drug-likeness (QED) is 0.756. The van der Waals surface area contributed by atoms with Crippen LogP contribution in [0.4, 0.5) is 0 Å². The van der Waals surface area contributed by atoms with Gasteiger partial charge in [0.1, 0.15) is 0 Å². The third-order valence-electron chi connectivity index (χ3n) is 3.95. The maximum absolute atomic E-state index is 6.05.